The summed E-state index contributed by atoms with van der Waals surface area (Å²) in [7, 11) is 0. The molecular weight excluding hydrogens is 210 g/mol. The van der Waals surface area contributed by atoms with E-state index in [0.717, 1.165) is 36.8 Å². The van der Waals surface area contributed by atoms with Crippen LogP contribution in [0.2, 0.25) is 0 Å². The van der Waals surface area contributed by atoms with Crippen molar-refractivity contribution in [1.29, 1.82) is 0 Å². The van der Waals surface area contributed by atoms with Crippen molar-refractivity contribution in [3.63, 3.8) is 0 Å². The summed E-state index contributed by atoms with van der Waals surface area (Å²) in [5.41, 5.74) is 4.26. The van der Waals surface area contributed by atoms with Gasteiger partial charge in [0, 0.05) is 29.1 Å². The molecule has 80 valence electrons. The second kappa shape index (κ2) is 3.86. The molecule has 0 saturated carbocycles. The second-order valence-corrected chi connectivity index (χ2v) is 4.23. The summed E-state index contributed by atoms with van der Waals surface area (Å²) in [5.74, 6) is 0. The SMILES string of the molecule is CCn1c(C)cc2c1CCC(C=O)=C2Cl. The third kappa shape index (κ3) is 1.53. The van der Waals surface area contributed by atoms with Crippen molar-refractivity contribution in [3.8, 4) is 0 Å². The Morgan fingerprint density at radius 1 is 1.53 bits per heavy atom. The smallest absolute Gasteiger partial charge is 0.147 e. The Morgan fingerprint density at radius 2 is 2.27 bits per heavy atom. The molecule has 0 aliphatic heterocycles. The third-order valence-electron chi connectivity index (χ3n) is 3.02. The van der Waals surface area contributed by atoms with E-state index < -0.39 is 0 Å². The van der Waals surface area contributed by atoms with E-state index in [1.165, 1.54) is 11.4 Å². The van der Waals surface area contributed by atoms with Crippen LogP contribution in [0.1, 0.15) is 30.3 Å². The number of hydrogen-bond donors (Lipinski definition) is 0. The molecule has 0 atom stereocenters. The van der Waals surface area contributed by atoms with Gasteiger partial charge in [0.15, 0.2) is 0 Å². The number of carbonyl (C=O) groups is 1. The monoisotopic (exact) mass is 223 g/mol. The van der Waals surface area contributed by atoms with E-state index in [1.807, 2.05) is 0 Å². The van der Waals surface area contributed by atoms with Gasteiger partial charge in [-0.1, -0.05) is 11.6 Å². The quantitative estimate of drug-likeness (QED) is 0.707. The highest BCUT2D eigenvalue weighted by Gasteiger charge is 2.21. The number of aromatic nitrogens is 1. The van der Waals surface area contributed by atoms with E-state index in [4.69, 9.17) is 11.6 Å². The van der Waals surface area contributed by atoms with Crippen molar-refractivity contribution in [2.45, 2.75) is 33.2 Å². The zero-order chi connectivity index (χ0) is 11.0. The molecule has 0 N–H and O–H groups in total. The van der Waals surface area contributed by atoms with Crippen molar-refractivity contribution in [3.05, 3.63) is 28.6 Å². The van der Waals surface area contributed by atoms with Gasteiger partial charge in [0.1, 0.15) is 6.29 Å². The average Bonchev–Trinajstić information content (AvgIpc) is 2.56. The average molecular weight is 224 g/mol. The van der Waals surface area contributed by atoms with Crippen molar-refractivity contribution >= 4 is 22.9 Å². The standard InChI is InChI=1S/C12H14ClNO/c1-3-14-8(2)6-10-11(14)5-4-9(7-15)12(10)13/h6-7H,3-5H2,1-2H3. The van der Waals surface area contributed by atoms with Crippen LogP contribution in [0, 0.1) is 6.92 Å². The molecule has 0 bridgehead atoms. The lowest BCUT2D eigenvalue weighted by Crippen LogP contribution is -2.08. The fraction of sp³-hybridized carbons (Fsp3) is 0.417. The lowest BCUT2D eigenvalue weighted by Gasteiger charge is -2.16. The molecule has 0 aromatic carbocycles. The minimum Gasteiger partial charge on any atom is -0.348 e. The van der Waals surface area contributed by atoms with Crippen LogP contribution in [0.3, 0.4) is 0 Å². The van der Waals surface area contributed by atoms with Crippen molar-refractivity contribution in [2.24, 2.45) is 0 Å². The summed E-state index contributed by atoms with van der Waals surface area (Å²) < 4.78 is 2.26. The van der Waals surface area contributed by atoms with E-state index in [-0.39, 0.29) is 0 Å². The molecule has 0 saturated heterocycles. The number of fused-ring (bicyclic) bond motifs is 1. The molecule has 0 amide bonds. The lowest BCUT2D eigenvalue weighted by molar-refractivity contribution is -0.105. The van der Waals surface area contributed by atoms with Gasteiger partial charge in [-0.3, -0.25) is 4.79 Å². The summed E-state index contributed by atoms with van der Waals surface area (Å²) in [5, 5.41) is 0.640. The van der Waals surface area contributed by atoms with E-state index in [0.29, 0.717) is 5.03 Å². The van der Waals surface area contributed by atoms with Gasteiger partial charge >= 0.3 is 0 Å². The summed E-state index contributed by atoms with van der Waals surface area (Å²) >= 11 is 6.19. The Hall–Kier alpha value is -1.02. The first-order valence-corrected chi connectivity index (χ1v) is 5.60. The van der Waals surface area contributed by atoms with Crippen LogP contribution in [-0.4, -0.2) is 10.9 Å². The molecule has 1 aliphatic rings. The first-order chi connectivity index (χ1) is 7.19. The van der Waals surface area contributed by atoms with Gasteiger partial charge in [-0.25, -0.2) is 0 Å². The predicted octanol–water partition coefficient (Wildman–Crippen LogP) is 2.91. The molecule has 0 unspecified atom stereocenters. The summed E-state index contributed by atoms with van der Waals surface area (Å²) in [6.07, 6.45) is 2.56. The van der Waals surface area contributed by atoms with Gasteiger partial charge in [-0.05, 0) is 32.8 Å². The van der Waals surface area contributed by atoms with Crippen LogP contribution in [0.15, 0.2) is 11.6 Å². The molecule has 0 fully saturated rings. The maximum Gasteiger partial charge on any atom is 0.147 e. The number of aldehydes is 1. The van der Waals surface area contributed by atoms with E-state index in [1.54, 1.807) is 0 Å². The summed E-state index contributed by atoms with van der Waals surface area (Å²) in [6, 6.07) is 2.07. The molecule has 2 rings (SSSR count). The number of allylic oxidation sites excluding steroid dienone is 1. The highest BCUT2D eigenvalue weighted by atomic mass is 35.5. The topological polar surface area (TPSA) is 22.0 Å². The fourth-order valence-corrected chi connectivity index (χ4v) is 2.58. The van der Waals surface area contributed by atoms with E-state index in [9.17, 15) is 4.79 Å². The minimum absolute atomic E-state index is 0.640. The Labute approximate surface area is 94.5 Å². The van der Waals surface area contributed by atoms with Gasteiger partial charge in [-0.15, -0.1) is 0 Å². The first-order valence-electron chi connectivity index (χ1n) is 5.22. The lowest BCUT2D eigenvalue weighted by atomic mass is 9.98. The van der Waals surface area contributed by atoms with Gasteiger partial charge in [0.25, 0.3) is 0 Å². The van der Waals surface area contributed by atoms with E-state index in [2.05, 4.69) is 24.5 Å². The minimum atomic E-state index is 0.640. The summed E-state index contributed by atoms with van der Waals surface area (Å²) in [6.45, 7) is 5.16. The Balaban J connectivity index is 2.60. The molecule has 2 nitrogen and oxygen atoms in total. The molecule has 3 heteroatoms. The maximum absolute atomic E-state index is 10.8. The zero-order valence-corrected chi connectivity index (χ0v) is 9.77. The van der Waals surface area contributed by atoms with Gasteiger partial charge in [0.2, 0.25) is 0 Å². The predicted molar refractivity (Wildman–Crippen MR) is 62.0 cm³/mol. The Kier molecular flexibility index (Phi) is 2.70. The molecule has 1 heterocycles. The molecule has 1 aliphatic carbocycles. The van der Waals surface area contributed by atoms with Gasteiger partial charge in [0.05, 0.1) is 5.03 Å². The van der Waals surface area contributed by atoms with Crippen molar-refractivity contribution in [2.75, 3.05) is 0 Å². The van der Waals surface area contributed by atoms with Crippen LogP contribution in [0.5, 0.6) is 0 Å². The third-order valence-corrected chi connectivity index (χ3v) is 3.47. The number of halogens is 1. The Morgan fingerprint density at radius 3 is 2.87 bits per heavy atom. The van der Waals surface area contributed by atoms with Crippen molar-refractivity contribution in [1.82, 2.24) is 4.57 Å². The number of nitrogens with zero attached hydrogens (tertiary/aromatic N) is 1. The number of rotatable bonds is 2. The van der Waals surface area contributed by atoms with E-state index >= 15 is 0 Å². The number of hydrogen-bond acceptors (Lipinski definition) is 1. The maximum atomic E-state index is 10.8. The van der Waals surface area contributed by atoms with Crippen LogP contribution < -0.4 is 0 Å². The van der Waals surface area contributed by atoms with Crippen molar-refractivity contribution < 1.29 is 4.79 Å². The molecular formula is C12H14ClNO. The van der Waals surface area contributed by atoms with Gasteiger partial charge < -0.3 is 4.57 Å². The fourth-order valence-electron chi connectivity index (χ4n) is 2.27. The van der Waals surface area contributed by atoms with Crippen LogP contribution in [0.4, 0.5) is 0 Å². The zero-order valence-electron chi connectivity index (χ0n) is 9.01. The van der Waals surface area contributed by atoms with Crippen LogP contribution in [0.25, 0.3) is 5.03 Å². The normalized spacial score (nSPS) is 15.4. The molecule has 15 heavy (non-hydrogen) atoms. The second-order valence-electron chi connectivity index (χ2n) is 3.85. The number of aryl methyl sites for hydroxylation is 1. The molecule has 0 spiro atoms. The number of carbonyl (C=O) groups excluding carboxylic acids is 1. The van der Waals surface area contributed by atoms with Gasteiger partial charge in [-0.2, -0.15) is 0 Å². The largest absolute Gasteiger partial charge is 0.348 e. The molecule has 1 aromatic heterocycles. The van der Waals surface area contributed by atoms with Crippen LogP contribution in [-0.2, 0) is 17.8 Å². The highest BCUT2D eigenvalue weighted by Crippen LogP contribution is 2.35. The summed E-state index contributed by atoms with van der Waals surface area (Å²) in [4.78, 5) is 10.8. The molecule has 1 aromatic rings. The Bertz CT molecular complexity index is 443. The molecule has 0 radical (unpaired) electrons. The first kappa shape index (κ1) is 10.5. The van der Waals surface area contributed by atoms with Crippen LogP contribution >= 0.6 is 11.6 Å². The highest BCUT2D eigenvalue weighted by molar-refractivity contribution is 6.50.